The van der Waals surface area contributed by atoms with Crippen LogP contribution in [0.2, 0.25) is 10.0 Å². The smallest absolute Gasteiger partial charge is 0.237 e. The molecule has 2 nitrogen and oxygen atoms in total. The van der Waals surface area contributed by atoms with Crippen LogP contribution in [0.25, 0.3) is 0 Å². The molecule has 0 N–H and O–H groups in total. The second kappa shape index (κ2) is 5.59. The van der Waals surface area contributed by atoms with Crippen molar-refractivity contribution < 1.29 is 4.79 Å². The fraction of sp³-hybridized carbons (Fsp3) is 0.300. The Morgan fingerprint density at radius 3 is 2.67 bits per heavy atom. The van der Waals surface area contributed by atoms with Crippen LogP contribution in [0.1, 0.15) is 5.56 Å². The topological polar surface area (TPSA) is 20.3 Å². The van der Waals surface area contributed by atoms with E-state index in [4.69, 9.17) is 34.8 Å². The van der Waals surface area contributed by atoms with E-state index >= 15 is 0 Å². The van der Waals surface area contributed by atoms with Crippen molar-refractivity contribution in [3.8, 4) is 0 Å². The summed E-state index contributed by atoms with van der Waals surface area (Å²) in [7, 11) is 1.67. The predicted molar refractivity (Wildman–Crippen MR) is 63.7 cm³/mol. The molecule has 1 aromatic rings. The number of carbonyl (C=O) groups is 1. The van der Waals surface area contributed by atoms with Gasteiger partial charge in [-0.1, -0.05) is 35.3 Å². The Morgan fingerprint density at radius 2 is 2.07 bits per heavy atom. The summed E-state index contributed by atoms with van der Waals surface area (Å²) in [6, 6.07) is 5.32. The van der Waals surface area contributed by atoms with Gasteiger partial charge in [-0.05, 0) is 11.6 Å². The molecule has 15 heavy (non-hydrogen) atoms. The Labute approximate surface area is 104 Å². The van der Waals surface area contributed by atoms with Gasteiger partial charge in [-0.2, -0.15) is 0 Å². The van der Waals surface area contributed by atoms with Crippen LogP contribution in [0.15, 0.2) is 18.2 Å². The van der Waals surface area contributed by atoms with Crippen molar-refractivity contribution in [2.45, 2.75) is 6.54 Å². The summed E-state index contributed by atoms with van der Waals surface area (Å²) in [5.74, 6) is -0.179. The second-order valence-corrected chi connectivity index (χ2v) is 4.15. The third-order valence-electron chi connectivity index (χ3n) is 1.98. The van der Waals surface area contributed by atoms with Crippen molar-refractivity contribution in [3.05, 3.63) is 33.8 Å². The van der Waals surface area contributed by atoms with Crippen molar-refractivity contribution in [2.75, 3.05) is 12.9 Å². The highest BCUT2D eigenvalue weighted by Gasteiger charge is 2.10. The minimum absolute atomic E-state index is 0.0331. The Kier molecular flexibility index (Phi) is 4.71. The highest BCUT2D eigenvalue weighted by molar-refractivity contribution is 6.42. The highest BCUT2D eigenvalue weighted by atomic mass is 35.5. The molecule has 0 atom stereocenters. The van der Waals surface area contributed by atoms with Gasteiger partial charge in [0, 0.05) is 13.6 Å². The van der Waals surface area contributed by atoms with E-state index in [1.54, 1.807) is 19.2 Å². The standard InChI is InChI=1S/C10H10Cl3NO/c1-14(9(15)5-11)6-7-3-2-4-8(12)10(7)13/h2-4H,5-6H2,1H3. The number of hydrogen-bond acceptors (Lipinski definition) is 1. The SMILES string of the molecule is CN(Cc1cccc(Cl)c1Cl)C(=O)CCl. The number of nitrogens with zero attached hydrogens (tertiary/aromatic N) is 1. The third-order valence-corrected chi connectivity index (χ3v) is 3.07. The van der Waals surface area contributed by atoms with Gasteiger partial charge in [0.25, 0.3) is 0 Å². The Morgan fingerprint density at radius 1 is 1.40 bits per heavy atom. The van der Waals surface area contributed by atoms with E-state index in [0.717, 1.165) is 5.56 Å². The molecule has 1 amide bonds. The zero-order chi connectivity index (χ0) is 11.4. The summed E-state index contributed by atoms with van der Waals surface area (Å²) in [4.78, 5) is 12.7. The number of amides is 1. The molecule has 0 radical (unpaired) electrons. The van der Waals surface area contributed by atoms with Crippen LogP contribution in [0.4, 0.5) is 0 Å². The summed E-state index contributed by atoms with van der Waals surface area (Å²) < 4.78 is 0. The van der Waals surface area contributed by atoms with Gasteiger partial charge in [0.05, 0.1) is 10.0 Å². The maximum Gasteiger partial charge on any atom is 0.237 e. The summed E-state index contributed by atoms with van der Waals surface area (Å²) >= 11 is 17.3. The molecule has 0 aliphatic heterocycles. The summed E-state index contributed by atoms with van der Waals surface area (Å²) in [6.07, 6.45) is 0. The first kappa shape index (κ1) is 12.6. The second-order valence-electron chi connectivity index (χ2n) is 3.10. The highest BCUT2D eigenvalue weighted by Crippen LogP contribution is 2.26. The molecule has 0 aliphatic carbocycles. The van der Waals surface area contributed by atoms with Gasteiger partial charge in [-0.3, -0.25) is 4.79 Å². The van der Waals surface area contributed by atoms with Gasteiger partial charge in [-0.25, -0.2) is 0 Å². The maximum absolute atomic E-state index is 11.2. The van der Waals surface area contributed by atoms with Gasteiger partial charge in [0.15, 0.2) is 0 Å². The summed E-state index contributed by atoms with van der Waals surface area (Å²) in [5, 5.41) is 0.967. The fourth-order valence-electron chi connectivity index (χ4n) is 1.12. The van der Waals surface area contributed by atoms with E-state index < -0.39 is 0 Å². The minimum Gasteiger partial charge on any atom is -0.340 e. The zero-order valence-corrected chi connectivity index (χ0v) is 10.4. The number of benzene rings is 1. The van der Waals surface area contributed by atoms with Crippen molar-refractivity contribution in [1.29, 1.82) is 0 Å². The predicted octanol–water partition coefficient (Wildman–Crippen LogP) is 3.19. The Balaban J connectivity index is 2.81. The number of halogens is 3. The molecule has 0 fully saturated rings. The molecule has 0 heterocycles. The monoisotopic (exact) mass is 265 g/mol. The van der Waals surface area contributed by atoms with Gasteiger partial charge >= 0.3 is 0 Å². The van der Waals surface area contributed by atoms with E-state index in [-0.39, 0.29) is 11.8 Å². The molecular weight excluding hydrogens is 256 g/mol. The zero-order valence-electron chi connectivity index (χ0n) is 8.14. The lowest BCUT2D eigenvalue weighted by Crippen LogP contribution is -2.27. The molecular formula is C10H10Cl3NO. The number of rotatable bonds is 3. The molecule has 0 saturated heterocycles. The molecule has 0 aromatic heterocycles. The first-order valence-corrected chi connectivity index (χ1v) is 5.58. The Bertz CT molecular complexity index is 368. The molecule has 1 aromatic carbocycles. The van der Waals surface area contributed by atoms with Crippen LogP contribution in [0.3, 0.4) is 0 Å². The van der Waals surface area contributed by atoms with E-state index in [2.05, 4.69) is 0 Å². The van der Waals surface area contributed by atoms with Crippen LogP contribution in [0.5, 0.6) is 0 Å². The molecule has 0 bridgehead atoms. The molecule has 82 valence electrons. The third kappa shape index (κ3) is 3.26. The van der Waals surface area contributed by atoms with E-state index in [1.165, 1.54) is 4.90 Å². The molecule has 0 saturated carbocycles. The average Bonchev–Trinajstić information content (AvgIpc) is 2.23. The van der Waals surface area contributed by atoms with Gasteiger partial charge in [0.1, 0.15) is 5.88 Å². The van der Waals surface area contributed by atoms with Crippen molar-refractivity contribution in [3.63, 3.8) is 0 Å². The van der Waals surface area contributed by atoms with E-state index in [0.29, 0.717) is 16.6 Å². The Hall–Kier alpha value is -0.440. The molecule has 1 rings (SSSR count). The van der Waals surface area contributed by atoms with E-state index in [9.17, 15) is 4.79 Å². The van der Waals surface area contributed by atoms with Crippen LogP contribution >= 0.6 is 34.8 Å². The fourth-order valence-corrected chi connectivity index (χ4v) is 1.70. The van der Waals surface area contributed by atoms with Gasteiger partial charge in [0.2, 0.25) is 5.91 Å². The van der Waals surface area contributed by atoms with Crippen LogP contribution < -0.4 is 0 Å². The van der Waals surface area contributed by atoms with Crippen LogP contribution in [-0.2, 0) is 11.3 Å². The van der Waals surface area contributed by atoms with E-state index in [1.807, 2.05) is 6.07 Å². The maximum atomic E-state index is 11.2. The van der Waals surface area contributed by atoms with Gasteiger partial charge < -0.3 is 4.90 Å². The largest absolute Gasteiger partial charge is 0.340 e. The number of alkyl halides is 1. The number of hydrogen-bond donors (Lipinski definition) is 0. The lowest BCUT2D eigenvalue weighted by Gasteiger charge is -2.16. The van der Waals surface area contributed by atoms with Gasteiger partial charge in [-0.15, -0.1) is 11.6 Å². The lowest BCUT2D eigenvalue weighted by molar-refractivity contribution is -0.127. The average molecular weight is 267 g/mol. The molecule has 0 unspecified atom stereocenters. The minimum atomic E-state index is -0.146. The normalized spacial score (nSPS) is 10.1. The quantitative estimate of drug-likeness (QED) is 0.770. The van der Waals surface area contributed by atoms with Crippen LogP contribution in [-0.4, -0.2) is 23.7 Å². The summed E-state index contributed by atoms with van der Waals surface area (Å²) in [6.45, 7) is 0.408. The van der Waals surface area contributed by atoms with Crippen LogP contribution in [0, 0.1) is 0 Å². The molecule has 0 spiro atoms. The van der Waals surface area contributed by atoms with Crippen molar-refractivity contribution >= 4 is 40.7 Å². The first-order valence-electron chi connectivity index (χ1n) is 4.29. The molecule has 5 heteroatoms. The first-order chi connectivity index (χ1) is 7.06. The van der Waals surface area contributed by atoms with Crippen molar-refractivity contribution in [1.82, 2.24) is 4.90 Å². The lowest BCUT2D eigenvalue weighted by atomic mass is 10.2. The van der Waals surface area contributed by atoms with Crippen molar-refractivity contribution in [2.24, 2.45) is 0 Å². The summed E-state index contributed by atoms with van der Waals surface area (Å²) in [5.41, 5.74) is 0.810. The molecule has 0 aliphatic rings. The number of carbonyl (C=O) groups excluding carboxylic acids is 1.